The van der Waals surface area contributed by atoms with E-state index in [9.17, 15) is 19.2 Å². The lowest BCUT2D eigenvalue weighted by molar-refractivity contribution is -0.193. The topological polar surface area (TPSA) is 105 Å². The number of rotatable bonds is 7. The Hall–Kier alpha value is -3.16. The summed E-state index contributed by atoms with van der Waals surface area (Å²) in [6.07, 6.45) is 14.1. The highest BCUT2D eigenvalue weighted by atomic mass is 16.6. The molecule has 0 saturated heterocycles. The number of ether oxygens (including phenoxy) is 4. The van der Waals surface area contributed by atoms with Gasteiger partial charge in [-0.25, -0.2) is 0 Å². The fourth-order valence-corrected chi connectivity index (χ4v) is 13.2. The predicted molar refractivity (Wildman–Crippen MR) is 203 cm³/mol. The zero-order valence-corrected chi connectivity index (χ0v) is 34.0. The van der Waals surface area contributed by atoms with Crippen molar-refractivity contribution in [2.24, 2.45) is 50.7 Å². The van der Waals surface area contributed by atoms with Crippen LogP contribution in [-0.4, -0.2) is 36.1 Å². The van der Waals surface area contributed by atoms with Gasteiger partial charge in [-0.3, -0.25) is 19.2 Å². The number of hydrogen-bond acceptors (Lipinski definition) is 8. The molecule has 5 aliphatic rings. The molecule has 0 aromatic heterocycles. The van der Waals surface area contributed by atoms with Crippen LogP contribution in [-0.2, 0) is 35.1 Å². The molecule has 0 spiro atoms. The quantitative estimate of drug-likeness (QED) is 0.155. The Morgan fingerprint density at radius 2 is 1.28 bits per heavy atom. The molecule has 5 aliphatic carbocycles. The Labute approximate surface area is 317 Å². The molecule has 1 unspecified atom stereocenters. The summed E-state index contributed by atoms with van der Waals surface area (Å²) in [5, 5.41) is 0. The first-order chi connectivity index (χ1) is 24.7. The van der Waals surface area contributed by atoms with Crippen molar-refractivity contribution in [1.29, 1.82) is 0 Å². The van der Waals surface area contributed by atoms with Gasteiger partial charge in [-0.2, -0.15) is 0 Å². The maximum Gasteiger partial charge on any atom is 0.308 e. The zero-order valence-electron chi connectivity index (χ0n) is 34.0. The average Bonchev–Trinajstić information content (AvgIpc) is 3.20. The van der Waals surface area contributed by atoms with Crippen molar-refractivity contribution in [3.63, 3.8) is 0 Å². The van der Waals surface area contributed by atoms with Crippen molar-refractivity contribution in [3.05, 3.63) is 35.4 Å². The highest BCUT2D eigenvalue weighted by molar-refractivity contribution is 5.74. The Balaban J connectivity index is 1.14. The first-order valence-corrected chi connectivity index (χ1v) is 20.3. The lowest BCUT2D eigenvalue weighted by Gasteiger charge is -2.64. The van der Waals surface area contributed by atoms with Crippen LogP contribution in [0.2, 0.25) is 0 Å². The van der Waals surface area contributed by atoms with Crippen molar-refractivity contribution in [2.75, 3.05) is 0 Å². The van der Waals surface area contributed by atoms with E-state index in [0.29, 0.717) is 30.1 Å². The fourth-order valence-electron chi connectivity index (χ4n) is 13.2. The van der Waals surface area contributed by atoms with Crippen molar-refractivity contribution in [3.8, 4) is 11.5 Å². The van der Waals surface area contributed by atoms with Crippen LogP contribution in [0.5, 0.6) is 11.5 Å². The number of benzene rings is 1. The van der Waals surface area contributed by atoms with Gasteiger partial charge in [0.25, 0.3) is 0 Å². The van der Waals surface area contributed by atoms with Crippen LogP contribution in [0.25, 0.3) is 0 Å². The van der Waals surface area contributed by atoms with Gasteiger partial charge in [-0.05, 0) is 128 Å². The van der Waals surface area contributed by atoms with Gasteiger partial charge in [0.2, 0.25) is 0 Å². The Kier molecular flexibility index (Phi) is 10.6. The van der Waals surface area contributed by atoms with Crippen molar-refractivity contribution in [1.82, 2.24) is 0 Å². The van der Waals surface area contributed by atoms with Gasteiger partial charge < -0.3 is 18.9 Å². The monoisotopic (exact) mass is 732 g/mol. The van der Waals surface area contributed by atoms with Gasteiger partial charge in [-0.1, -0.05) is 66.2 Å². The van der Waals surface area contributed by atoms with E-state index in [2.05, 4.69) is 54.5 Å². The van der Waals surface area contributed by atoms with Crippen LogP contribution in [0.15, 0.2) is 29.8 Å². The van der Waals surface area contributed by atoms with Gasteiger partial charge >= 0.3 is 23.9 Å². The number of esters is 4. The van der Waals surface area contributed by atoms with Crippen molar-refractivity contribution in [2.45, 2.75) is 158 Å². The number of allylic oxidation sites excluding steroid dienone is 2. The molecule has 292 valence electrons. The minimum absolute atomic E-state index is 0.0226. The second-order valence-electron chi connectivity index (χ2n) is 19.4. The Morgan fingerprint density at radius 1 is 0.660 bits per heavy atom. The molecule has 53 heavy (non-hydrogen) atoms. The summed E-state index contributed by atoms with van der Waals surface area (Å²) in [6.45, 7) is 21.2. The van der Waals surface area contributed by atoms with E-state index in [1.165, 1.54) is 39.5 Å². The van der Waals surface area contributed by atoms with Gasteiger partial charge in [0, 0.05) is 38.0 Å². The molecule has 8 heteroatoms. The molecule has 8 nitrogen and oxygen atoms in total. The van der Waals surface area contributed by atoms with E-state index in [4.69, 9.17) is 18.9 Å². The highest BCUT2D eigenvalue weighted by Gasteiger charge is 2.64. The second-order valence-corrected chi connectivity index (χ2v) is 19.4. The minimum atomic E-state index is -0.518. The van der Waals surface area contributed by atoms with Crippen LogP contribution in [0.1, 0.15) is 145 Å². The van der Waals surface area contributed by atoms with Crippen molar-refractivity contribution >= 4 is 23.9 Å². The predicted octanol–water partition coefficient (Wildman–Crippen LogP) is 9.74. The first kappa shape index (κ1) is 39.5. The zero-order chi connectivity index (χ0) is 38.7. The molecule has 4 saturated carbocycles. The molecule has 0 amide bonds. The number of hydrogen-bond donors (Lipinski definition) is 0. The van der Waals surface area contributed by atoms with E-state index in [1.807, 2.05) is 0 Å². The molecule has 0 N–H and O–H groups in total. The number of fused-ring (bicyclic) bond motifs is 6. The normalized spacial score (nSPS) is 36.8. The van der Waals surface area contributed by atoms with Gasteiger partial charge in [-0.15, -0.1) is 0 Å². The molecule has 1 aromatic carbocycles. The third-order valence-corrected chi connectivity index (χ3v) is 15.5. The minimum Gasteiger partial charge on any atom is -0.462 e. The molecule has 1 aromatic rings. The molecule has 0 heterocycles. The maximum absolute atomic E-state index is 13.4. The van der Waals surface area contributed by atoms with Crippen LogP contribution in [0, 0.1) is 50.7 Å². The van der Waals surface area contributed by atoms with Crippen LogP contribution < -0.4 is 9.47 Å². The molecule has 6 rings (SSSR count). The highest BCUT2D eigenvalue weighted by Crippen LogP contribution is 2.70. The van der Waals surface area contributed by atoms with E-state index in [-0.39, 0.29) is 69.1 Å². The summed E-state index contributed by atoms with van der Waals surface area (Å²) in [4.78, 5) is 48.6. The molecule has 9 atom stereocenters. The Bertz CT molecular complexity index is 1650. The van der Waals surface area contributed by atoms with Crippen LogP contribution in [0.3, 0.4) is 0 Å². The number of carbonyl (C=O) groups is 4. The summed E-state index contributed by atoms with van der Waals surface area (Å²) in [7, 11) is 0. The summed E-state index contributed by atoms with van der Waals surface area (Å²) < 4.78 is 22.7. The summed E-state index contributed by atoms with van der Waals surface area (Å²) in [5.74, 6) is 1.03. The van der Waals surface area contributed by atoms with Gasteiger partial charge in [0.15, 0.2) is 11.5 Å². The molecule has 0 bridgehead atoms. The fraction of sp³-hybridized carbons (Fsp3) is 0.733. The lowest BCUT2D eigenvalue weighted by atomic mass is 9.42. The lowest BCUT2D eigenvalue weighted by Crippen LogP contribution is -2.59. The molecular weight excluding hydrogens is 668 g/mol. The largest absolute Gasteiger partial charge is 0.462 e. The summed E-state index contributed by atoms with van der Waals surface area (Å²) in [5.41, 5.74) is 2.87. The van der Waals surface area contributed by atoms with E-state index in [0.717, 1.165) is 44.1 Å². The van der Waals surface area contributed by atoms with Crippen molar-refractivity contribution < 1.29 is 38.1 Å². The number of aryl methyl sites for hydroxylation is 1. The molecule has 4 fully saturated rings. The SMILES string of the molecule is CC(=O)Oc1ccc(CCC(=O)O[C@H]2CC[C@@]3(C)C4CC[C@@H]5C(=CC[C@H]6C(C)(C)[C@@H](OC(C)=O)CC[C@]56C)C[C@]4(C)CC[C@H]3C2(C)C)cc1OC(C)=O. The van der Waals surface area contributed by atoms with E-state index in [1.54, 1.807) is 30.7 Å². The van der Waals surface area contributed by atoms with E-state index < -0.39 is 11.9 Å². The molecule has 0 radical (unpaired) electrons. The van der Waals surface area contributed by atoms with E-state index >= 15 is 0 Å². The second kappa shape index (κ2) is 14.2. The molecule has 0 aliphatic heterocycles. The standard InChI is InChI=1S/C45H64O8/c1-27(46)50-33-15-11-30(25-34(33)51-28(2)47)12-18-40(49)53-39-21-24-45(10)36(42(39,6)7)19-22-43(8)26-31-13-16-35-41(4,5)38(52-29(3)48)20-23-44(35,9)32(31)14-17-37(43)45/h11,13,15,25,32,35-39H,12,14,16-24,26H2,1-10H3/t32-,35+,36+,37?,38+,39+,43+,44-,45-/m1/s1. The third kappa shape index (κ3) is 7.22. The average molecular weight is 733 g/mol. The third-order valence-electron chi connectivity index (χ3n) is 15.5. The molecular formula is C45H64O8. The number of carbonyl (C=O) groups excluding carboxylic acids is 4. The smallest absolute Gasteiger partial charge is 0.308 e. The summed E-state index contributed by atoms with van der Waals surface area (Å²) >= 11 is 0. The van der Waals surface area contributed by atoms with Gasteiger partial charge in [0.05, 0.1) is 0 Å². The Morgan fingerprint density at radius 3 is 1.94 bits per heavy atom. The summed E-state index contributed by atoms with van der Waals surface area (Å²) in [6, 6.07) is 5.02. The van der Waals surface area contributed by atoms with Crippen LogP contribution >= 0.6 is 0 Å². The van der Waals surface area contributed by atoms with Crippen LogP contribution in [0.4, 0.5) is 0 Å². The maximum atomic E-state index is 13.4. The van der Waals surface area contributed by atoms with Gasteiger partial charge in [0.1, 0.15) is 12.2 Å². The first-order valence-electron chi connectivity index (χ1n) is 20.3.